The van der Waals surface area contributed by atoms with E-state index in [-0.39, 0.29) is 6.42 Å². The van der Waals surface area contributed by atoms with E-state index in [1.165, 1.54) is 25.7 Å². The summed E-state index contributed by atoms with van der Waals surface area (Å²) in [6, 6.07) is 0. The van der Waals surface area contributed by atoms with Crippen molar-refractivity contribution in [2.24, 2.45) is 0 Å². The van der Waals surface area contributed by atoms with Crippen molar-refractivity contribution in [1.82, 2.24) is 0 Å². The molecule has 47 heavy (non-hydrogen) atoms. The third-order valence-electron chi connectivity index (χ3n) is 8.80. The van der Waals surface area contributed by atoms with Gasteiger partial charge in [0.15, 0.2) is 18.9 Å². The summed E-state index contributed by atoms with van der Waals surface area (Å²) < 4.78 is 32.5. The second kappa shape index (κ2) is 19.9. The van der Waals surface area contributed by atoms with Gasteiger partial charge in [0.05, 0.1) is 13.2 Å². The molecule has 0 aliphatic carbocycles. The molecule has 10 N–H and O–H groups in total. The van der Waals surface area contributed by atoms with Gasteiger partial charge in [0.2, 0.25) is 0 Å². The third-order valence-corrected chi connectivity index (χ3v) is 8.80. The van der Waals surface area contributed by atoms with Gasteiger partial charge in [-0.15, -0.1) is 0 Å². The van der Waals surface area contributed by atoms with Gasteiger partial charge in [0.1, 0.15) is 79.9 Å². The number of esters is 1. The second-order valence-electron chi connectivity index (χ2n) is 12.4. The Kier molecular flexibility index (Phi) is 17.1. The molecule has 3 heterocycles. The van der Waals surface area contributed by atoms with E-state index in [9.17, 15) is 55.9 Å². The van der Waals surface area contributed by atoms with Crippen molar-refractivity contribution in [3.05, 3.63) is 0 Å². The van der Waals surface area contributed by atoms with Crippen molar-refractivity contribution in [2.75, 3.05) is 19.8 Å². The fourth-order valence-corrected chi connectivity index (χ4v) is 5.87. The molecular weight excluding hydrogens is 632 g/mol. The lowest BCUT2D eigenvalue weighted by Gasteiger charge is -2.47. The average Bonchev–Trinajstić information content (AvgIpc) is 3.06. The van der Waals surface area contributed by atoms with E-state index < -0.39 is 118 Å². The second-order valence-corrected chi connectivity index (χ2v) is 12.4. The predicted molar refractivity (Wildman–Crippen MR) is 157 cm³/mol. The van der Waals surface area contributed by atoms with Gasteiger partial charge in [-0.25, -0.2) is 0 Å². The highest BCUT2D eigenvalue weighted by Crippen LogP contribution is 2.32. The maximum atomic E-state index is 12.3. The van der Waals surface area contributed by atoms with Gasteiger partial charge in [-0.2, -0.15) is 0 Å². The molecule has 0 aromatic carbocycles. The zero-order valence-electron chi connectivity index (χ0n) is 26.7. The lowest BCUT2D eigenvalue weighted by atomic mass is 9.96. The molecule has 0 aromatic rings. The quantitative estimate of drug-likeness (QED) is 0.0505. The lowest BCUT2D eigenvalue weighted by molar-refractivity contribution is -0.377. The number of hydrogen-bond donors (Lipinski definition) is 10. The fourth-order valence-electron chi connectivity index (χ4n) is 5.87. The topological polar surface area (TPSA) is 275 Å². The largest absolute Gasteiger partial charge is 0.463 e. The normalized spacial score (nSPS) is 41.1. The van der Waals surface area contributed by atoms with E-state index in [1.807, 2.05) is 0 Å². The number of aliphatic hydroxyl groups is 10. The minimum Gasteiger partial charge on any atom is -0.463 e. The summed E-state index contributed by atoms with van der Waals surface area (Å²) in [5.74, 6) is -0.536. The van der Waals surface area contributed by atoms with Crippen LogP contribution in [0.15, 0.2) is 0 Å². The number of hydrogen-bond acceptors (Lipinski definition) is 17. The molecule has 0 saturated carbocycles. The van der Waals surface area contributed by atoms with Crippen LogP contribution in [0.3, 0.4) is 0 Å². The zero-order chi connectivity index (χ0) is 34.7. The van der Waals surface area contributed by atoms with Crippen LogP contribution >= 0.6 is 0 Å². The standard InChI is InChI=1S/C30H54O17/c1-2-3-4-5-6-7-8-9-10-11-18(33)42-14-17-19(34)20(35)24(39)29(45-17)47-27-16(13-32)44-30(25(40)22(27)37)46-26-15(12-31)43-28(41)23(38)21(26)36/h15-17,19-32,34-41H,2-14H2,1H3/t15-,16-,17-,19-,20+,21-,22-,23-,24-,25-,26-,27-,28?,29-,30-/m1/s1. The minimum atomic E-state index is -1.94. The molecule has 0 radical (unpaired) electrons. The Bertz CT molecular complexity index is 894. The molecule has 15 atom stereocenters. The van der Waals surface area contributed by atoms with E-state index in [0.29, 0.717) is 6.42 Å². The van der Waals surface area contributed by atoms with Crippen LogP contribution in [-0.4, -0.2) is 169 Å². The number of aliphatic hydroxyl groups excluding tert-OH is 10. The monoisotopic (exact) mass is 686 g/mol. The van der Waals surface area contributed by atoms with Crippen molar-refractivity contribution in [3.63, 3.8) is 0 Å². The van der Waals surface area contributed by atoms with Crippen LogP contribution in [0.2, 0.25) is 0 Å². The van der Waals surface area contributed by atoms with Crippen LogP contribution in [0.5, 0.6) is 0 Å². The smallest absolute Gasteiger partial charge is 0.305 e. The fraction of sp³-hybridized carbons (Fsp3) is 0.967. The van der Waals surface area contributed by atoms with Crippen molar-refractivity contribution in [3.8, 4) is 0 Å². The van der Waals surface area contributed by atoms with Crippen LogP contribution in [-0.2, 0) is 33.2 Å². The Labute approximate surface area is 273 Å². The number of rotatable bonds is 18. The minimum absolute atomic E-state index is 0.150. The molecule has 17 heteroatoms. The van der Waals surface area contributed by atoms with Crippen LogP contribution in [0.25, 0.3) is 0 Å². The molecule has 0 aromatic heterocycles. The molecule has 0 amide bonds. The first-order chi connectivity index (χ1) is 22.4. The molecule has 3 aliphatic rings. The van der Waals surface area contributed by atoms with E-state index >= 15 is 0 Å². The zero-order valence-corrected chi connectivity index (χ0v) is 26.7. The lowest BCUT2D eigenvalue weighted by Crippen LogP contribution is -2.66. The van der Waals surface area contributed by atoms with Gasteiger partial charge in [-0.05, 0) is 6.42 Å². The first-order valence-corrected chi connectivity index (χ1v) is 16.5. The van der Waals surface area contributed by atoms with E-state index in [1.54, 1.807) is 0 Å². The first kappa shape index (κ1) is 40.3. The van der Waals surface area contributed by atoms with E-state index in [2.05, 4.69) is 6.92 Å². The molecule has 17 nitrogen and oxygen atoms in total. The Morgan fingerprint density at radius 1 is 0.553 bits per heavy atom. The number of unbranched alkanes of at least 4 members (excludes halogenated alkanes) is 8. The molecule has 276 valence electrons. The predicted octanol–water partition coefficient (Wildman–Crippen LogP) is -3.10. The van der Waals surface area contributed by atoms with Gasteiger partial charge in [-0.1, -0.05) is 58.3 Å². The number of ether oxygens (including phenoxy) is 6. The SMILES string of the molecule is CCCCCCCCCCCC(=O)OC[C@H]1O[C@H](O[C@H]2[C@H](O)[C@@H](O)[C@@H](O[C@H]3[C@H](O)[C@@H](O)C(O)O[C@@H]3CO)O[C@@H]2CO)[C@H](O)[C@@H](O)[C@@H]1O. The Morgan fingerprint density at radius 2 is 1.02 bits per heavy atom. The summed E-state index contributed by atoms with van der Waals surface area (Å²) in [4.78, 5) is 12.3. The Morgan fingerprint density at radius 3 is 1.57 bits per heavy atom. The van der Waals surface area contributed by atoms with Crippen molar-refractivity contribution < 1.29 is 84.3 Å². The Hall–Kier alpha value is -1.13. The van der Waals surface area contributed by atoms with Gasteiger partial charge >= 0.3 is 5.97 Å². The van der Waals surface area contributed by atoms with Crippen LogP contribution in [0, 0.1) is 0 Å². The van der Waals surface area contributed by atoms with Gasteiger partial charge < -0.3 is 79.5 Å². The summed E-state index contributed by atoms with van der Waals surface area (Å²) in [6.45, 7) is 0.0804. The molecule has 3 rings (SSSR count). The molecular formula is C30H54O17. The molecule has 3 fully saturated rings. The highest BCUT2D eigenvalue weighted by molar-refractivity contribution is 5.69. The van der Waals surface area contributed by atoms with Crippen molar-refractivity contribution in [1.29, 1.82) is 0 Å². The molecule has 1 unspecified atom stereocenters. The summed E-state index contributed by atoms with van der Waals surface area (Å²) in [7, 11) is 0. The number of carbonyl (C=O) groups excluding carboxylic acids is 1. The van der Waals surface area contributed by atoms with Gasteiger partial charge in [0, 0.05) is 6.42 Å². The van der Waals surface area contributed by atoms with E-state index in [0.717, 1.165) is 25.7 Å². The van der Waals surface area contributed by atoms with Gasteiger partial charge in [0.25, 0.3) is 0 Å². The highest BCUT2D eigenvalue weighted by atomic mass is 16.8. The van der Waals surface area contributed by atoms with Gasteiger partial charge in [-0.3, -0.25) is 4.79 Å². The summed E-state index contributed by atoms with van der Waals surface area (Å²) >= 11 is 0. The maximum Gasteiger partial charge on any atom is 0.305 e. The molecule has 0 spiro atoms. The molecule has 3 saturated heterocycles. The Balaban J connectivity index is 1.52. The summed E-state index contributed by atoms with van der Waals surface area (Å²) in [5, 5.41) is 103. The van der Waals surface area contributed by atoms with Crippen LogP contribution < -0.4 is 0 Å². The van der Waals surface area contributed by atoms with Crippen LogP contribution in [0.1, 0.15) is 71.1 Å². The van der Waals surface area contributed by atoms with E-state index in [4.69, 9.17) is 28.4 Å². The maximum absolute atomic E-state index is 12.3. The summed E-state index contributed by atoms with van der Waals surface area (Å²) in [5.41, 5.74) is 0. The van der Waals surface area contributed by atoms with Crippen molar-refractivity contribution >= 4 is 5.97 Å². The number of carbonyl (C=O) groups is 1. The van der Waals surface area contributed by atoms with Crippen LogP contribution in [0.4, 0.5) is 0 Å². The van der Waals surface area contributed by atoms with Crippen molar-refractivity contribution in [2.45, 2.75) is 163 Å². The molecule has 0 bridgehead atoms. The summed E-state index contributed by atoms with van der Waals surface area (Å²) in [6.07, 6.45) is -15.8. The highest BCUT2D eigenvalue weighted by Gasteiger charge is 2.53. The molecule has 3 aliphatic heterocycles. The third kappa shape index (κ3) is 10.9. The average molecular weight is 687 g/mol. The first-order valence-electron chi connectivity index (χ1n) is 16.5.